The first-order valence-corrected chi connectivity index (χ1v) is 8.30. The van der Waals surface area contributed by atoms with Crippen LogP contribution in [0.1, 0.15) is 45.4 Å². The zero-order valence-electron chi connectivity index (χ0n) is 11.1. The molecule has 1 aromatic carbocycles. The van der Waals surface area contributed by atoms with Crippen LogP contribution in [0.15, 0.2) is 29.2 Å². The van der Waals surface area contributed by atoms with Crippen LogP contribution in [0.3, 0.4) is 0 Å². The summed E-state index contributed by atoms with van der Waals surface area (Å²) in [4.78, 5) is 0.380. The van der Waals surface area contributed by atoms with Gasteiger partial charge in [0.25, 0.3) is 0 Å². The van der Waals surface area contributed by atoms with Gasteiger partial charge >= 0.3 is 0 Å². The lowest BCUT2D eigenvalue weighted by Crippen LogP contribution is -2.06. The second-order valence-electron chi connectivity index (χ2n) is 4.66. The van der Waals surface area contributed by atoms with Crippen LogP contribution in [0, 0.1) is 0 Å². The molecule has 0 radical (unpaired) electrons. The molecule has 0 aromatic heterocycles. The Morgan fingerprint density at radius 1 is 0.944 bits per heavy atom. The molecule has 0 aliphatic carbocycles. The van der Waals surface area contributed by atoms with E-state index in [2.05, 4.69) is 6.92 Å². The maximum atomic E-state index is 12.0. The monoisotopic (exact) mass is 269 g/mol. The van der Waals surface area contributed by atoms with Crippen LogP contribution in [0.2, 0.25) is 0 Å². The molecule has 0 fully saturated rings. The highest BCUT2D eigenvalue weighted by Gasteiger charge is 2.13. The molecule has 3 nitrogen and oxygen atoms in total. The van der Waals surface area contributed by atoms with E-state index >= 15 is 0 Å². The minimum atomic E-state index is -3.13. The minimum absolute atomic E-state index is 0.239. The lowest BCUT2D eigenvalue weighted by Gasteiger charge is -2.05. The second-order valence-corrected chi connectivity index (χ2v) is 6.76. The standard InChI is InChI=1S/C14H23NO2S/c1-2-3-4-5-6-7-12-18(16,17)14-10-8-13(15)9-11-14/h8-11H,2-7,12,15H2,1H3. The number of anilines is 1. The van der Waals surface area contributed by atoms with Crippen LogP contribution in [-0.4, -0.2) is 14.2 Å². The molecular weight excluding hydrogens is 246 g/mol. The highest BCUT2D eigenvalue weighted by Crippen LogP contribution is 2.15. The van der Waals surface area contributed by atoms with Crippen molar-refractivity contribution in [1.29, 1.82) is 0 Å². The number of sulfone groups is 1. The fraction of sp³-hybridized carbons (Fsp3) is 0.571. The molecule has 0 aliphatic heterocycles. The van der Waals surface area contributed by atoms with Crippen molar-refractivity contribution in [3.63, 3.8) is 0 Å². The SMILES string of the molecule is CCCCCCCCS(=O)(=O)c1ccc(N)cc1. The molecule has 1 rings (SSSR count). The number of nitrogens with two attached hydrogens (primary N) is 1. The van der Waals surface area contributed by atoms with Crippen molar-refractivity contribution < 1.29 is 8.42 Å². The summed E-state index contributed by atoms with van der Waals surface area (Å²) in [5.74, 6) is 0.239. The molecule has 2 N–H and O–H groups in total. The normalized spacial score (nSPS) is 11.6. The Kier molecular flexibility index (Phi) is 6.19. The van der Waals surface area contributed by atoms with E-state index in [1.54, 1.807) is 24.3 Å². The van der Waals surface area contributed by atoms with Crippen LogP contribution >= 0.6 is 0 Å². The van der Waals surface area contributed by atoms with Gasteiger partial charge in [-0.25, -0.2) is 8.42 Å². The summed E-state index contributed by atoms with van der Waals surface area (Å²) in [6.45, 7) is 2.17. The molecule has 18 heavy (non-hydrogen) atoms. The van der Waals surface area contributed by atoms with Gasteiger partial charge in [-0.2, -0.15) is 0 Å². The first kappa shape index (κ1) is 15.0. The van der Waals surface area contributed by atoms with Gasteiger partial charge in [-0.15, -0.1) is 0 Å². The van der Waals surface area contributed by atoms with Crippen LogP contribution in [0.25, 0.3) is 0 Å². The van der Waals surface area contributed by atoms with Crippen LogP contribution in [0.5, 0.6) is 0 Å². The van der Waals surface area contributed by atoms with Gasteiger partial charge in [0.2, 0.25) is 0 Å². The molecule has 0 aliphatic rings. The quantitative estimate of drug-likeness (QED) is 0.581. The smallest absolute Gasteiger partial charge is 0.178 e. The molecule has 4 heteroatoms. The second kappa shape index (κ2) is 7.41. The Morgan fingerprint density at radius 3 is 2.11 bits per heavy atom. The predicted octanol–water partition coefficient (Wildman–Crippen LogP) is 3.40. The fourth-order valence-corrected chi connectivity index (χ4v) is 3.24. The lowest BCUT2D eigenvalue weighted by molar-refractivity contribution is 0.583. The molecule has 0 amide bonds. The maximum Gasteiger partial charge on any atom is 0.178 e. The highest BCUT2D eigenvalue weighted by molar-refractivity contribution is 7.91. The van der Waals surface area contributed by atoms with Gasteiger partial charge in [0.05, 0.1) is 10.6 Å². The van der Waals surface area contributed by atoms with Gasteiger partial charge in [-0.3, -0.25) is 0 Å². The van der Waals surface area contributed by atoms with E-state index < -0.39 is 9.84 Å². The Hall–Kier alpha value is -1.03. The average Bonchev–Trinajstić information content (AvgIpc) is 2.34. The van der Waals surface area contributed by atoms with Gasteiger partial charge in [0, 0.05) is 5.69 Å². The molecule has 0 saturated carbocycles. The van der Waals surface area contributed by atoms with Crippen molar-refractivity contribution in [3.05, 3.63) is 24.3 Å². The van der Waals surface area contributed by atoms with Crippen molar-refractivity contribution in [2.75, 3.05) is 11.5 Å². The molecule has 0 unspecified atom stereocenters. The number of hydrogen-bond donors (Lipinski definition) is 1. The topological polar surface area (TPSA) is 60.2 Å². The van der Waals surface area contributed by atoms with Gasteiger partial charge < -0.3 is 5.73 Å². The van der Waals surface area contributed by atoms with Crippen LogP contribution < -0.4 is 5.73 Å². The van der Waals surface area contributed by atoms with Crippen molar-refractivity contribution in [3.8, 4) is 0 Å². The van der Waals surface area contributed by atoms with Crippen molar-refractivity contribution in [2.24, 2.45) is 0 Å². The third kappa shape index (κ3) is 5.08. The van der Waals surface area contributed by atoms with E-state index in [0.717, 1.165) is 19.3 Å². The fourth-order valence-electron chi connectivity index (χ4n) is 1.87. The molecule has 102 valence electrons. The van der Waals surface area contributed by atoms with E-state index in [4.69, 9.17) is 5.73 Å². The molecular formula is C14H23NO2S. The largest absolute Gasteiger partial charge is 0.399 e. The van der Waals surface area contributed by atoms with Gasteiger partial charge in [-0.1, -0.05) is 39.0 Å². The summed E-state index contributed by atoms with van der Waals surface area (Å²) in [7, 11) is -3.13. The molecule has 1 aromatic rings. The molecule has 0 atom stereocenters. The Balaban J connectivity index is 2.38. The highest BCUT2D eigenvalue weighted by atomic mass is 32.2. The third-order valence-corrected chi connectivity index (χ3v) is 4.82. The van der Waals surface area contributed by atoms with Crippen molar-refractivity contribution in [2.45, 2.75) is 50.3 Å². The van der Waals surface area contributed by atoms with E-state index in [1.807, 2.05) is 0 Å². The number of hydrogen-bond acceptors (Lipinski definition) is 3. The van der Waals surface area contributed by atoms with Crippen molar-refractivity contribution in [1.82, 2.24) is 0 Å². The predicted molar refractivity (Wildman–Crippen MR) is 76.3 cm³/mol. The first-order valence-electron chi connectivity index (χ1n) is 6.64. The third-order valence-electron chi connectivity index (χ3n) is 3.01. The molecule has 0 saturated heterocycles. The number of benzene rings is 1. The number of unbranched alkanes of at least 4 members (excludes halogenated alkanes) is 5. The van der Waals surface area contributed by atoms with Gasteiger partial charge in [0.15, 0.2) is 9.84 Å². The summed E-state index contributed by atoms with van der Waals surface area (Å²) in [5.41, 5.74) is 6.13. The number of nitrogen functional groups attached to an aromatic ring is 1. The minimum Gasteiger partial charge on any atom is -0.399 e. The van der Waals surface area contributed by atoms with E-state index in [1.165, 1.54) is 19.3 Å². The zero-order valence-corrected chi connectivity index (χ0v) is 11.9. The summed E-state index contributed by atoms with van der Waals surface area (Å²) >= 11 is 0. The maximum absolute atomic E-state index is 12.0. The summed E-state index contributed by atoms with van der Waals surface area (Å²) in [5, 5.41) is 0. The molecule has 0 heterocycles. The van der Waals surface area contributed by atoms with E-state index in [0.29, 0.717) is 10.6 Å². The van der Waals surface area contributed by atoms with Gasteiger partial charge in [-0.05, 0) is 30.7 Å². The molecule has 0 bridgehead atoms. The lowest BCUT2D eigenvalue weighted by atomic mass is 10.1. The van der Waals surface area contributed by atoms with Crippen LogP contribution in [0.4, 0.5) is 5.69 Å². The van der Waals surface area contributed by atoms with E-state index in [9.17, 15) is 8.42 Å². The average molecular weight is 269 g/mol. The Bertz CT molecular complexity index is 437. The van der Waals surface area contributed by atoms with Crippen molar-refractivity contribution >= 4 is 15.5 Å². The van der Waals surface area contributed by atoms with Crippen LogP contribution in [-0.2, 0) is 9.84 Å². The van der Waals surface area contributed by atoms with Gasteiger partial charge in [0.1, 0.15) is 0 Å². The summed E-state index contributed by atoms with van der Waals surface area (Å²) in [6, 6.07) is 6.44. The first-order chi connectivity index (χ1) is 8.56. The zero-order chi connectivity index (χ0) is 13.4. The molecule has 0 spiro atoms. The summed E-state index contributed by atoms with van der Waals surface area (Å²) < 4.78 is 24.0. The Morgan fingerprint density at radius 2 is 1.50 bits per heavy atom. The van der Waals surface area contributed by atoms with E-state index in [-0.39, 0.29) is 5.75 Å². The number of rotatable bonds is 8. The summed E-state index contributed by atoms with van der Waals surface area (Å²) in [6.07, 6.45) is 6.53. The Labute approximate surface area is 110 Å².